The monoisotopic (exact) mass is 382 g/mol. The first-order valence-electron chi connectivity index (χ1n) is 8.02. The molecule has 6 nitrogen and oxygen atoms in total. The molecule has 0 aliphatic carbocycles. The number of ether oxygens (including phenoxy) is 1. The molecule has 0 saturated carbocycles. The van der Waals surface area contributed by atoms with E-state index < -0.39 is 10.8 Å². The van der Waals surface area contributed by atoms with Crippen molar-refractivity contribution >= 4 is 28.9 Å². The molecular formula is C20H15ClN2O4. The largest absolute Gasteiger partial charge is 0.457 e. The molecule has 3 aromatic carbocycles. The van der Waals surface area contributed by atoms with E-state index in [2.05, 4.69) is 5.32 Å². The van der Waals surface area contributed by atoms with Crippen molar-refractivity contribution in [3.63, 3.8) is 0 Å². The molecule has 3 aromatic rings. The van der Waals surface area contributed by atoms with Crippen molar-refractivity contribution in [3.8, 4) is 11.5 Å². The maximum absolute atomic E-state index is 12.4. The lowest BCUT2D eigenvalue weighted by molar-refractivity contribution is -0.384. The molecule has 27 heavy (non-hydrogen) atoms. The number of anilines is 1. The van der Waals surface area contributed by atoms with Crippen LogP contribution in [-0.2, 0) is 0 Å². The molecule has 0 atom stereocenters. The number of carbonyl (C=O) groups excluding carboxylic acids is 1. The number of benzene rings is 3. The highest BCUT2D eigenvalue weighted by atomic mass is 35.5. The van der Waals surface area contributed by atoms with Crippen LogP contribution < -0.4 is 10.1 Å². The fraction of sp³-hybridized carbons (Fsp3) is 0.0500. The van der Waals surface area contributed by atoms with Crippen LogP contribution in [0.4, 0.5) is 11.4 Å². The van der Waals surface area contributed by atoms with Crippen LogP contribution in [-0.4, -0.2) is 10.8 Å². The van der Waals surface area contributed by atoms with Gasteiger partial charge in [0.2, 0.25) is 0 Å². The number of amides is 1. The number of rotatable bonds is 5. The maximum atomic E-state index is 12.4. The van der Waals surface area contributed by atoms with Gasteiger partial charge in [-0.25, -0.2) is 0 Å². The SMILES string of the molecule is Cc1ccc(Oc2ccc(NC(=O)c3cc([N+](=O)[O-])ccc3Cl)cc2)cc1. The van der Waals surface area contributed by atoms with E-state index in [0.29, 0.717) is 17.2 Å². The number of hydrogen-bond donors (Lipinski definition) is 1. The van der Waals surface area contributed by atoms with E-state index in [9.17, 15) is 14.9 Å². The van der Waals surface area contributed by atoms with Crippen LogP contribution in [0.1, 0.15) is 15.9 Å². The minimum atomic E-state index is -0.579. The van der Waals surface area contributed by atoms with Gasteiger partial charge in [-0.15, -0.1) is 0 Å². The topological polar surface area (TPSA) is 81.5 Å². The molecule has 0 bridgehead atoms. The summed E-state index contributed by atoms with van der Waals surface area (Å²) in [6, 6.07) is 18.1. The van der Waals surface area contributed by atoms with Crippen molar-refractivity contribution < 1.29 is 14.5 Å². The second-order valence-electron chi connectivity index (χ2n) is 5.81. The Balaban J connectivity index is 1.71. The molecule has 0 unspecified atom stereocenters. The van der Waals surface area contributed by atoms with Crippen LogP contribution in [0.15, 0.2) is 66.7 Å². The van der Waals surface area contributed by atoms with Crippen LogP contribution >= 0.6 is 11.6 Å². The lowest BCUT2D eigenvalue weighted by atomic mass is 10.2. The van der Waals surface area contributed by atoms with Crippen molar-refractivity contribution in [3.05, 3.63) is 93.0 Å². The van der Waals surface area contributed by atoms with Crippen molar-refractivity contribution in [2.45, 2.75) is 6.92 Å². The van der Waals surface area contributed by atoms with E-state index in [1.807, 2.05) is 31.2 Å². The molecule has 0 radical (unpaired) electrons. The maximum Gasteiger partial charge on any atom is 0.270 e. The smallest absolute Gasteiger partial charge is 0.270 e. The van der Waals surface area contributed by atoms with E-state index in [1.165, 1.54) is 12.1 Å². The summed E-state index contributed by atoms with van der Waals surface area (Å²) in [5.74, 6) is 0.793. The average molecular weight is 383 g/mol. The number of nitro benzene ring substituents is 1. The highest BCUT2D eigenvalue weighted by Crippen LogP contribution is 2.25. The number of hydrogen-bond acceptors (Lipinski definition) is 4. The quantitative estimate of drug-likeness (QED) is 0.460. The Hall–Kier alpha value is -3.38. The summed E-state index contributed by atoms with van der Waals surface area (Å²) in [5, 5.41) is 13.7. The molecule has 1 amide bonds. The van der Waals surface area contributed by atoms with Crippen molar-refractivity contribution in [1.29, 1.82) is 0 Å². The third-order valence-corrected chi connectivity index (χ3v) is 4.10. The molecule has 3 rings (SSSR count). The number of nitrogens with one attached hydrogen (secondary N) is 1. The Morgan fingerprint density at radius 3 is 2.19 bits per heavy atom. The second kappa shape index (κ2) is 7.88. The highest BCUT2D eigenvalue weighted by Gasteiger charge is 2.16. The van der Waals surface area contributed by atoms with Gasteiger partial charge in [0, 0.05) is 17.8 Å². The van der Waals surface area contributed by atoms with Crippen LogP contribution in [0.5, 0.6) is 11.5 Å². The standard InChI is InChI=1S/C20H15ClN2O4/c1-13-2-7-16(8-3-13)27-17-9-4-14(5-10-17)22-20(24)18-12-15(23(25)26)6-11-19(18)21/h2-12H,1H3,(H,22,24). The summed E-state index contributed by atoms with van der Waals surface area (Å²) in [7, 11) is 0. The fourth-order valence-electron chi connectivity index (χ4n) is 2.35. The Morgan fingerprint density at radius 2 is 1.59 bits per heavy atom. The minimum Gasteiger partial charge on any atom is -0.457 e. The van der Waals surface area contributed by atoms with Crippen molar-refractivity contribution in [2.75, 3.05) is 5.32 Å². The van der Waals surface area contributed by atoms with Crippen molar-refractivity contribution in [1.82, 2.24) is 0 Å². The summed E-state index contributed by atoms with van der Waals surface area (Å²) < 4.78 is 5.73. The third kappa shape index (κ3) is 4.62. The zero-order valence-electron chi connectivity index (χ0n) is 14.3. The van der Waals surface area contributed by atoms with Gasteiger partial charge in [0.25, 0.3) is 11.6 Å². The number of nitrogens with zero attached hydrogens (tertiary/aromatic N) is 1. The van der Waals surface area contributed by atoms with E-state index in [4.69, 9.17) is 16.3 Å². The Bertz CT molecular complexity index is 986. The molecule has 0 fully saturated rings. The van der Waals surface area contributed by atoms with Gasteiger partial charge in [0.05, 0.1) is 15.5 Å². The Morgan fingerprint density at radius 1 is 1.00 bits per heavy atom. The summed E-state index contributed by atoms with van der Waals surface area (Å²) >= 11 is 5.99. The molecule has 0 saturated heterocycles. The van der Waals surface area contributed by atoms with Gasteiger partial charge in [0.15, 0.2) is 0 Å². The molecule has 136 valence electrons. The van der Waals surface area contributed by atoms with Gasteiger partial charge < -0.3 is 10.1 Å². The lowest BCUT2D eigenvalue weighted by Gasteiger charge is -2.09. The number of non-ortho nitro benzene ring substituents is 1. The molecule has 0 spiro atoms. The second-order valence-corrected chi connectivity index (χ2v) is 6.22. The zero-order chi connectivity index (χ0) is 19.4. The van der Waals surface area contributed by atoms with E-state index >= 15 is 0 Å². The highest BCUT2D eigenvalue weighted by molar-refractivity contribution is 6.34. The number of nitro groups is 1. The van der Waals surface area contributed by atoms with Crippen LogP contribution in [0.2, 0.25) is 5.02 Å². The summed E-state index contributed by atoms with van der Waals surface area (Å²) in [6.07, 6.45) is 0. The molecular weight excluding hydrogens is 368 g/mol. The summed E-state index contributed by atoms with van der Waals surface area (Å²) in [5.41, 5.74) is 1.48. The van der Waals surface area contributed by atoms with Gasteiger partial charge >= 0.3 is 0 Å². The normalized spacial score (nSPS) is 10.3. The Labute approximate surface area is 160 Å². The number of halogens is 1. The fourth-order valence-corrected chi connectivity index (χ4v) is 2.55. The van der Waals surface area contributed by atoms with Gasteiger partial charge in [-0.3, -0.25) is 14.9 Å². The van der Waals surface area contributed by atoms with Crippen LogP contribution in [0.25, 0.3) is 0 Å². The molecule has 0 aliphatic rings. The lowest BCUT2D eigenvalue weighted by Crippen LogP contribution is -2.12. The average Bonchev–Trinajstić information content (AvgIpc) is 2.65. The first-order chi connectivity index (χ1) is 12.9. The van der Waals surface area contributed by atoms with Crippen LogP contribution in [0.3, 0.4) is 0 Å². The van der Waals surface area contributed by atoms with Gasteiger partial charge in [-0.05, 0) is 49.4 Å². The van der Waals surface area contributed by atoms with Crippen molar-refractivity contribution in [2.24, 2.45) is 0 Å². The van der Waals surface area contributed by atoms with Crippen LogP contribution in [0, 0.1) is 17.0 Å². The zero-order valence-corrected chi connectivity index (χ0v) is 15.1. The third-order valence-electron chi connectivity index (χ3n) is 3.77. The van der Waals surface area contributed by atoms with E-state index in [0.717, 1.165) is 11.6 Å². The first kappa shape index (κ1) is 18.4. The summed E-state index contributed by atoms with van der Waals surface area (Å²) in [4.78, 5) is 22.7. The number of aryl methyl sites for hydroxylation is 1. The number of carbonyl (C=O) groups is 1. The van der Waals surface area contributed by atoms with Gasteiger partial charge in [-0.1, -0.05) is 29.3 Å². The Kier molecular flexibility index (Phi) is 5.38. The predicted octanol–water partition coefficient (Wildman–Crippen LogP) is 5.60. The van der Waals surface area contributed by atoms with E-state index in [-0.39, 0.29) is 16.3 Å². The first-order valence-corrected chi connectivity index (χ1v) is 8.40. The predicted molar refractivity (Wildman–Crippen MR) is 104 cm³/mol. The minimum absolute atomic E-state index is 0.0332. The van der Waals surface area contributed by atoms with Gasteiger partial charge in [0.1, 0.15) is 11.5 Å². The van der Waals surface area contributed by atoms with Gasteiger partial charge in [-0.2, -0.15) is 0 Å². The molecule has 0 aromatic heterocycles. The molecule has 7 heteroatoms. The van der Waals surface area contributed by atoms with E-state index in [1.54, 1.807) is 24.3 Å². The molecule has 1 N–H and O–H groups in total. The summed E-state index contributed by atoms with van der Waals surface area (Å²) in [6.45, 7) is 1.99. The molecule has 0 aliphatic heterocycles. The molecule has 0 heterocycles.